The molecule has 1 heterocycles. The van der Waals surface area contributed by atoms with Crippen molar-refractivity contribution in [3.8, 4) is 0 Å². The zero-order chi connectivity index (χ0) is 33.8. The molecule has 2 rings (SSSR count). The predicted octanol–water partition coefficient (Wildman–Crippen LogP) is -0.416. The van der Waals surface area contributed by atoms with Crippen LogP contribution in [0.2, 0.25) is 0 Å². The average molecular weight is 636 g/mol. The first-order chi connectivity index (χ1) is 21.2. The molecule has 45 heavy (non-hydrogen) atoms. The van der Waals surface area contributed by atoms with Gasteiger partial charge in [0, 0.05) is 31.5 Å². The molecule has 15 nitrogen and oxygen atoms in total. The number of hydrogen-bond donors (Lipinski definition) is 6. The van der Waals surface area contributed by atoms with Crippen LogP contribution in [-0.2, 0) is 33.6 Å². The molecule has 0 aliphatic carbocycles. The Labute approximate surface area is 258 Å². The van der Waals surface area contributed by atoms with Gasteiger partial charge in [0.2, 0.25) is 23.6 Å². The number of carbonyl (C=O) groups excluding carboxylic acids is 6. The van der Waals surface area contributed by atoms with Gasteiger partial charge < -0.3 is 41.2 Å². The van der Waals surface area contributed by atoms with Gasteiger partial charge in [0.25, 0.3) is 5.91 Å². The van der Waals surface area contributed by atoms with E-state index in [1.54, 1.807) is 13.8 Å². The monoisotopic (exact) mass is 635 g/mol. The van der Waals surface area contributed by atoms with Crippen molar-refractivity contribution in [3.05, 3.63) is 35.6 Å². The summed E-state index contributed by atoms with van der Waals surface area (Å²) in [5.41, 5.74) is 0.0883. The number of nitrogens with one attached hydrogen (secondary N) is 4. The second kappa shape index (κ2) is 16.8. The molecule has 0 unspecified atom stereocenters. The summed E-state index contributed by atoms with van der Waals surface area (Å²) < 4.78 is 13.3. The van der Waals surface area contributed by atoms with Gasteiger partial charge in [-0.05, 0) is 43.0 Å². The highest BCUT2D eigenvalue weighted by atomic mass is 19.1. The van der Waals surface area contributed by atoms with Gasteiger partial charge in [-0.25, -0.2) is 4.39 Å². The molecule has 1 aromatic carbocycles. The molecule has 6 atom stereocenters. The van der Waals surface area contributed by atoms with Gasteiger partial charge in [0.1, 0.15) is 30.2 Å². The van der Waals surface area contributed by atoms with Crippen LogP contribution in [0.25, 0.3) is 0 Å². The van der Waals surface area contributed by atoms with Crippen LogP contribution in [0.3, 0.4) is 0 Å². The average Bonchev–Trinajstić information content (AvgIpc) is 3.40. The molecule has 0 radical (unpaired) electrons. The third-order valence-corrected chi connectivity index (χ3v) is 7.33. The standard InChI is InChI=1S/C29H38FN5O10/c1-4-15(2)25(31-16(3)37)28(44)34-21(9-10-23(38)39)29(45)35-13-19(32-26(42)17-5-7-18(30)8-6-17)11-22(35)27(43)33-20(14-36)12-24(40)41/h5-8,14-15,19-22,25H,4,9-13H2,1-3H3,(H,31,37)(H,32,42)(H,33,43)(H,34,44)(H,38,39)(H,40,41)/t15-,19-,20-,21-,22-,25-/m0/s1. The summed E-state index contributed by atoms with van der Waals surface area (Å²) >= 11 is 0. The Morgan fingerprint density at radius 1 is 1.02 bits per heavy atom. The summed E-state index contributed by atoms with van der Waals surface area (Å²) in [6.45, 7) is 4.41. The third-order valence-electron chi connectivity index (χ3n) is 7.33. The lowest BCUT2D eigenvalue weighted by Gasteiger charge is -2.31. The fourth-order valence-corrected chi connectivity index (χ4v) is 4.81. The van der Waals surface area contributed by atoms with Gasteiger partial charge in [-0.15, -0.1) is 0 Å². The van der Waals surface area contributed by atoms with E-state index in [2.05, 4.69) is 21.3 Å². The first kappa shape index (κ1) is 36.3. The van der Waals surface area contributed by atoms with E-state index in [1.807, 2.05) is 0 Å². The number of aliphatic carboxylic acids is 2. The van der Waals surface area contributed by atoms with Crippen LogP contribution in [-0.4, -0.2) is 99.6 Å². The number of aldehydes is 1. The van der Waals surface area contributed by atoms with E-state index in [0.29, 0.717) is 6.42 Å². The molecular weight excluding hydrogens is 597 g/mol. The van der Waals surface area contributed by atoms with Crippen molar-refractivity contribution in [3.63, 3.8) is 0 Å². The van der Waals surface area contributed by atoms with E-state index in [1.165, 1.54) is 19.1 Å². The maximum Gasteiger partial charge on any atom is 0.305 e. The Balaban J connectivity index is 2.40. The number of likely N-dealkylation sites (tertiary alicyclic amines) is 1. The van der Waals surface area contributed by atoms with Gasteiger partial charge in [0.05, 0.1) is 12.5 Å². The van der Waals surface area contributed by atoms with E-state index in [9.17, 15) is 47.9 Å². The highest BCUT2D eigenvalue weighted by Gasteiger charge is 2.43. The fraction of sp³-hybridized carbons (Fsp3) is 0.517. The minimum absolute atomic E-state index is 0.0883. The number of carboxylic acids is 2. The number of benzene rings is 1. The zero-order valence-corrected chi connectivity index (χ0v) is 25.1. The fourth-order valence-electron chi connectivity index (χ4n) is 4.81. The summed E-state index contributed by atoms with van der Waals surface area (Å²) in [6.07, 6.45) is -1.17. The van der Waals surface area contributed by atoms with Crippen LogP contribution in [0.5, 0.6) is 0 Å². The molecule has 5 amide bonds. The van der Waals surface area contributed by atoms with Crippen LogP contribution in [0, 0.1) is 11.7 Å². The molecule has 246 valence electrons. The van der Waals surface area contributed by atoms with Crippen LogP contribution in [0.4, 0.5) is 4.39 Å². The normalized spacial score (nSPS) is 18.4. The number of halogens is 1. The second-order valence-corrected chi connectivity index (χ2v) is 10.8. The van der Waals surface area contributed by atoms with Crippen LogP contribution < -0.4 is 21.3 Å². The lowest BCUT2D eigenvalue weighted by atomic mass is 9.97. The van der Waals surface area contributed by atoms with Crippen LogP contribution in [0.1, 0.15) is 63.2 Å². The molecule has 1 saturated heterocycles. The van der Waals surface area contributed by atoms with Gasteiger partial charge >= 0.3 is 11.9 Å². The Bertz CT molecular complexity index is 1290. The Kier molecular flexibility index (Phi) is 13.6. The SMILES string of the molecule is CC[C@H](C)[C@H](NC(C)=O)C(=O)N[C@@H](CCC(=O)O)C(=O)N1C[C@@H](NC(=O)c2ccc(F)cc2)C[C@H]1C(=O)N[C@H](C=O)CC(=O)O. The summed E-state index contributed by atoms with van der Waals surface area (Å²) in [7, 11) is 0. The minimum atomic E-state index is -1.48. The topological polar surface area (TPSA) is 228 Å². The van der Waals surface area contributed by atoms with Gasteiger partial charge in [0.15, 0.2) is 0 Å². The molecule has 1 aliphatic heterocycles. The highest BCUT2D eigenvalue weighted by molar-refractivity contribution is 5.97. The maximum absolute atomic E-state index is 13.9. The molecule has 0 saturated carbocycles. The second-order valence-electron chi connectivity index (χ2n) is 10.8. The van der Waals surface area contributed by atoms with E-state index in [4.69, 9.17) is 5.11 Å². The van der Waals surface area contributed by atoms with Crippen molar-refractivity contribution in [1.82, 2.24) is 26.2 Å². The van der Waals surface area contributed by atoms with Crippen molar-refractivity contribution in [1.29, 1.82) is 0 Å². The molecule has 16 heteroatoms. The smallest absolute Gasteiger partial charge is 0.305 e. The van der Waals surface area contributed by atoms with Gasteiger partial charge in [-0.3, -0.25) is 33.6 Å². The molecule has 1 aromatic rings. The number of rotatable bonds is 16. The van der Waals surface area contributed by atoms with E-state index >= 15 is 0 Å². The summed E-state index contributed by atoms with van der Waals surface area (Å²) in [5.74, 6) is -7.29. The number of carboxylic acid groups (broad SMARTS) is 2. The Morgan fingerprint density at radius 2 is 1.67 bits per heavy atom. The first-order valence-electron chi connectivity index (χ1n) is 14.3. The Morgan fingerprint density at radius 3 is 2.20 bits per heavy atom. The van der Waals surface area contributed by atoms with E-state index in [0.717, 1.165) is 17.0 Å². The highest BCUT2D eigenvalue weighted by Crippen LogP contribution is 2.22. The first-order valence-corrected chi connectivity index (χ1v) is 14.3. The van der Waals surface area contributed by atoms with E-state index in [-0.39, 0.29) is 37.2 Å². The summed E-state index contributed by atoms with van der Waals surface area (Å²) in [4.78, 5) is 100.0. The lowest BCUT2D eigenvalue weighted by molar-refractivity contribution is -0.144. The molecule has 0 spiro atoms. The quantitative estimate of drug-likeness (QED) is 0.129. The molecule has 0 aromatic heterocycles. The number of carbonyl (C=O) groups is 8. The molecule has 0 bridgehead atoms. The van der Waals surface area contributed by atoms with Crippen molar-refractivity contribution >= 4 is 47.8 Å². The third kappa shape index (κ3) is 11.0. The minimum Gasteiger partial charge on any atom is -0.481 e. The van der Waals surface area contributed by atoms with E-state index < -0.39 is 90.3 Å². The summed E-state index contributed by atoms with van der Waals surface area (Å²) in [5, 5.41) is 28.3. The number of hydrogen-bond acceptors (Lipinski definition) is 8. The maximum atomic E-state index is 13.9. The summed E-state index contributed by atoms with van der Waals surface area (Å²) in [6, 6.07) is -1.59. The van der Waals surface area contributed by atoms with Crippen molar-refractivity contribution < 1.29 is 53.0 Å². The van der Waals surface area contributed by atoms with Crippen molar-refractivity contribution in [2.75, 3.05) is 6.54 Å². The molecule has 6 N–H and O–H groups in total. The van der Waals surface area contributed by atoms with Gasteiger partial charge in [-0.2, -0.15) is 0 Å². The van der Waals surface area contributed by atoms with Crippen molar-refractivity contribution in [2.45, 2.75) is 83.1 Å². The molecule has 1 fully saturated rings. The number of amides is 5. The molecular formula is C29H38FN5O10. The van der Waals surface area contributed by atoms with Crippen LogP contribution in [0.15, 0.2) is 24.3 Å². The number of nitrogens with zero attached hydrogens (tertiary/aromatic N) is 1. The van der Waals surface area contributed by atoms with Crippen molar-refractivity contribution in [2.24, 2.45) is 5.92 Å². The van der Waals surface area contributed by atoms with Crippen LogP contribution >= 0.6 is 0 Å². The predicted molar refractivity (Wildman–Crippen MR) is 154 cm³/mol. The zero-order valence-electron chi connectivity index (χ0n) is 25.1. The molecule has 1 aliphatic rings. The van der Waals surface area contributed by atoms with Gasteiger partial charge in [-0.1, -0.05) is 20.3 Å². The lowest BCUT2D eigenvalue weighted by Crippen LogP contribution is -2.58. The largest absolute Gasteiger partial charge is 0.481 e. The Hall–Kier alpha value is -4.89.